The molecule has 0 aliphatic heterocycles. The van der Waals surface area contributed by atoms with Crippen LogP contribution in [0.4, 0.5) is 0 Å². The van der Waals surface area contributed by atoms with Crippen LogP contribution in [0.15, 0.2) is 30.3 Å². The van der Waals surface area contributed by atoms with E-state index in [1.165, 1.54) is 7.11 Å². The van der Waals surface area contributed by atoms with E-state index in [0.29, 0.717) is 12.8 Å². The Morgan fingerprint density at radius 2 is 1.64 bits per heavy atom. The van der Waals surface area contributed by atoms with Gasteiger partial charge in [0, 0.05) is 5.41 Å². The van der Waals surface area contributed by atoms with Gasteiger partial charge >= 0.3 is 5.97 Å². The van der Waals surface area contributed by atoms with Crippen LogP contribution in [0.3, 0.4) is 0 Å². The molecule has 5 nitrogen and oxygen atoms in total. The number of carbonyl (C=O) groups excluding carboxylic acids is 2. The molecule has 1 aliphatic rings. The van der Waals surface area contributed by atoms with Gasteiger partial charge < -0.3 is 15.8 Å². The molecule has 1 unspecified atom stereocenters. The van der Waals surface area contributed by atoms with Gasteiger partial charge in [-0.2, -0.15) is 0 Å². The van der Waals surface area contributed by atoms with E-state index in [0.717, 1.165) is 24.8 Å². The van der Waals surface area contributed by atoms with Crippen molar-refractivity contribution in [3.63, 3.8) is 0 Å². The fourth-order valence-electron chi connectivity index (χ4n) is 3.52. The molecule has 1 fully saturated rings. The van der Waals surface area contributed by atoms with Crippen molar-refractivity contribution >= 4 is 11.9 Å². The third kappa shape index (κ3) is 3.56. The summed E-state index contributed by atoms with van der Waals surface area (Å²) in [6.07, 6.45) is 4.02. The highest BCUT2D eigenvalue weighted by molar-refractivity contribution is 5.93. The third-order valence-corrected chi connectivity index (χ3v) is 5.90. The predicted octanol–water partition coefficient (Wildman–Crippen LogP) is 2.67. The molecule has 1 aliphatic carbocycles. The number of nitrogens with two attached hydrogens (primary N) is 1. The van der Waals surface area contributed by atoms with Gasteiger partial charge in [0.25, 0.3) is 0 Å². The van der Waals surface area contributed by atoms with E-state index >= 15 is 0 Å². The molecular formula is C20H30N2O3. The smallest absolute Gasteiger partial charge is 0.331 e. The Bertz CT molecular complexity index is 617. The molecule has 1 amide bonds. The number of ether oxygens (including phenoxy) is 1. The predicted molar refractivity (Wildman–Crippen MR) is 98.0 cm³/mol. The summed E-state index contributed by atoms with van der Waals surface area (Å²) in [5.74, 6) is -0.706. The molecule has 1 atom stereocenters. The second-order valence-electron chi connectivity index (χ2n) is 7.78. The maximum atomic E-state index is 13.1. The van der Waals surface area contributed by atoms with Crippen molar-refractivity contribution in [3.8, 4) is 0 Å². The highest BCUT2D eigenvalue weighted by atomic mass is 16.5. The Balaban J connectivity index is 2.29. The minimum Gasteiger partial charge on any atom is -0.467 e. The lowest BCUT2D eigenvalue weighted by atomic mass is 9.68. The van der Waals surface area contributed by atoms with Crippen LogP contribution in [0.1, 0.15) is 58.4 Å². The molecule has 2 rings (SSSR count). The Morgan fingerprint density at radius 3 is 2.16 bits per heavy atom. The Hall–Kier alpha value is -1.88. The van der Waals surface area contributed by atoms with Crippen molar-refractivity contribution in [1.82, 2.24) is 5.32 Å². The summed E-state index contributed by atoms with van der Waals surface area (Å²) in [6.45, 7) is 5.63. The Labute approximate surface area is 150 Å². The molecule has 3 N–H and O–H groups in total. The zero-order valence-corrected chi connectivity index (χ0v) is 15.7. The van der Waals surface area contributed by atoms with Gasteiger partial charge in [0.05, 0.1) is 7.11 Å². The quantitative estimate of drug-likeness (QED) is 0.803. The summed E-state index contributed by atoms with van der Waals surface area (Å²) < 4.78 is 4.98. The number of hydrogen-bond acceptors (Lipinski definition) is 4. The normalized spacial score (nSPS) is 19.6. The van der Waals surface area contributed by atoms with E-state index in [2.05, 4.69) is 5.32 Å². The zero-order valence-electron chi connectivity index (χ0n) is 15.7. The highest BCUT2D eigenvalue weighted by Gasteiger charge is 2.50. The van der Waals surface area contributed by atoms with Crippen molar-refractivity contribution < 1.29 is 14.3 Å². The molecular weight excluding hydrogens is 316 g/mol. The van der Waals surface area contributed by atoms with Gasteiger partial charge in [0.2, 0.25) is 5.91 Å². The van der Waals surface area contributed by atoms with Gasteiger partial charge in [-0.3, -0.25) is 4.79 Å². The van der Waals surface area contributed by atoms with Gasteiger partial charge in [-0.15, -0.1) is 0 Å². The van der Waals surface area contributed by atoms with Crippen LogP contribution in [-0.4, -0.2) is 30.1 Å². The molecule has 0 aromatic heterocycles. The first-order valence-electron chi connectivity index (χ1n) is 8.93. The lowest BCUT2D eigenvalue weighted by Gasteiger charge is -2.44. The average molecular weight is 346 g/mol. The molecule has 0 radical (unpaired) electrons. The number of benzene rings is 1. The van der Waals surface area contributed by atoms with E-state index < -0.39 is 16.5 Å². The second kappa shape index (κ2) is 7.16. The van der Waals surface area contributed by atoms with Crippen molar-refractivity contribution in [1.29, 1.82) is 0 Å². The summed E-state index contributed by atoms with van der Waals surface area (Å²) in [4.78, 5) is 25.5. The van der Waals surface area contributed by atoms with Crippen LogP contribution in [0.25, 0.3) is 0 Å². The number of methoxy groups -OCH3 is 1. The van der Waals surface area contributed by atoms with Gasteiger partial charge in [-0.1, -0.05) is 63.4 Å². The van der Waals surface area contributed by atoms with Gasteiger partial charge in [0.15, 0.2) is 0 Å². The van der Waals surface area contributed by atoms with Crippen LogP contribution in [-0.2, 0) is 19.7 Å². The van der Waals surface area contributed by atoms with E-state index in [-0.39, 0.29) is 11.9 Å². The molecule has 0 spiro atoms. The van der Waals surface area contributed by atoms with Crippen molar-refractivity contribution in [2.24, 2.45) is 5.73 Å². The molecule has 0 bridgehead atoms. The minimum atomic E-state index is -1.19. The fourth-order valence-corrected chi connectivity index (χ4v) is 3.52. The van der Waals surface area contributed by atoms with Crippen LogP contribution >= 0.6 is 0 Å². The molecule has 1 aromatic rings. The first kappa shape index (κ1) is 19.4. The van der Waals surface area contributed by atoms with Gasteiger partial charge in [-0.05, 0) is 25.3 Å². The summed E-state index contributed by atoms with van der Waals surface area (Å²) >= 11 is 0. The summed E-state index contributed by atoms with van der Waals surface area (Å²) in [5, 5.41) is 2.96. The third-order valence-electron chi connectivity index (χ3n) is 5.90. The largest absolute Gasteiger partial charge is 0.467 e. The first-order valence-corrected chi connectivity index (χ1v) is 8.93. The molecule has 25 heavy (non-hydrogen) atoms. The van der Waals surface area contributed by atoms with Crippen LogP contribution in [0.2, 0.25) is 0 Å². The Morgan fingerprint density at radius 1 is 1.08 bits per heavy atom. The lowest BCUT2D eigenvalue weighted by Crippen LogP contribution is -2.68. The highest BCUT2D eigenvalue weighted by Crippen LogP contribution is 2.35. The fraction of sp³-hybridized carbons (Fsp3) is 0.600. The molecule has 0 saturated heterocycles. The zero-order chi connectivity index (χ0) is 18.7. The summed E-state index contributed by atoms with van der Waals surface area (Å²) in [5.41, 5.74) is 4.75. The number of nitrogens with one attached hydrogen (secondary N) is 1. The van der Waals surface area contributed by atoms with E-state index in [9.17, 15) is 9.59 Å². The van der Waals surface area contributed by atoms with Gasteiger partial charge in [0.1, 0.15) is 11.1 Å². The first-order chi connectivity index (χ1) is 11.7. The summed E-state index contributed by atoms with van der Waals surface area (Å²) in [7, 11) is 1.36. The maximum Gasteiger partial charge on any atom is 0.331 e. The van der Waals surface area contributed by atoms with Crippen LogP contribution < -0.4 is 11.1 Å². The van der Waals surface area contributed by atoms with Crippen molar-refractivity contribution in [2.45, 2.75) is 69.4 Å². The average Bonchev–Trinajstić information content (AvgIpc) is 2.62. The molecule has 0 heterocycles. The minimum absolute atomic E-state index is 0.325. The number of esters is 1. The maximum absolute atomic E-state index is 13.1. The van der Waals surface area contributed by atoms with Crippen LogP contribution in [0, 0.1) is 0 Å². The summed E-state index contributed by atoms with van der Waals surface area (Å²) in [6, 6.07) is 9.73. The topological polar surface area (TPSA) is 81.4 Å². The molecule has 5 heteroatoms. The molecule has 138 valence electrons. The number of carbonyl (C=O) groups is 2. The second-order valence-corrected chi connectivity index (χ2v) is 7.78. The van der Waals surface area contributed by atoms with Crippen molar-refractivity contribution in [2.75, 3.05) is 7.11 Å². The monoisotopic (exact) mass is 346 g/mol. The molecule has 1 aromatic carbocycles. The standard InChI is InChI=1S/C20H30N2O3/c1-18(2,15-11-7-5-8-12-15)19(3,21)16(23)22-20(17(24)25-4)13-9-6-10-14-20/h5,7-8,11-12H,6,9-10,13-14,21H2,1-4H3,(H,22,23). The van der Waals surface area contributed by atoms with Crippen LogP contribution in [0.5, 0.6) is 0 Å². The molecule has 1 saturated carbocycles. The lowest BCUT2D eigenvalue weighted by molar-refractivity contribution is -0.153. The Kier molecular flexibility index (Phi) is 5.57. The van der Waals surface area contributed by atoms with E-state index in [4.69, 9.17) is 10.5 Å². The SMILES string of the molecule is COC(=O)C1(NC(=O)C(C)(N)C(C)(C)c2ccccc2)CCCCC1. The van der Waals surface area contributed by atoms with Gasteiger partial charge in [-0.25, -0.2) is 4.79 Å². The van der Waals surface area contributed by atoms with E-state index in [1.807, 2.05) is 44.2 Å². The number of hydrogen-bond donors (Lipinski definition) is 2. The van der Waals surface area contributed by atoms with E-state index in [1.54, 1.807) is 6.92 Å². The number of rotatable bonds is 5. The number of amides is 1. The van der Waals surface area contributed by atoms with Crippen molar-refractivity contribution in [3.05, 3.63) is 35.9 Å².